The molecule has 0 N–H and O–H groups in total. The van der Waals surface area contributed by atoms with Gasteiger partial charge in [0.25, 0.3) is 11.3 Å². The first-order valence-electron chi connectivity index (χ1n) is 5.31. The molecule has 6 atom stereocenters. The summed E-state index contributed by atoms with van der Waals surface area (Å²) in [5.74, 6) is -11.3. The van der Waals surface area contributed by atoms with Crippen molar-refractivity contribution < 1.29 is 39.9 Å². The molecule has 2 aliphatic heterocycles. The van der Waals surface area contributed by atoms with E-state index in [9.17, 15) is 35.1 Å². The third-order valence-electron chi connectivity index (χ3n) is 4.80. The molecule has 3 fully saturated rings. The summed E-state index contributed by atoms with van der Waals surface area (Å²) in [5.41, 5.74) is -18.2. The fourth-order valence-electron chi connectivity index (χ4n) is 3.91. The van der Waals surface area contributed by atoms with Crippen LogP contribution in [0.1, 0.15) is 0 Å². The summed E-state index contributed by atoms with van der Waals surface area (Å²) < 4.78 is 114. The maximum atomic E-state index is 14.4. The van der Waals surface area contributed by atoms with E-state index >= 15 is 0 Å². The molecule has 4 aliphatic rings. The molecule has 2 bridgehead atoms. The van der Waals surface area contributed by atoms with E-state index in [0.717, 1.165) is 12.2 Å². The number of rotatable bonds is 0. The molecular formula is C10H4F8O. The number of halogens is 8. The van der Waals surface area contributed by atoms with Gasteiger partial charge in [0, 0.05) is 0 Å². The Bertz CT molecular complexity index is 502. The fourth-order valence-corrected chi connectivity index (χ4v) is 3.91. The van der Waals surface area contributed by atoms with Crippen molar-refractivity contribution in [3.63, 3.8) is 0 Å². The molecule has 1 saturated heterocycles. The highest BCUT2D eigenvalue weighted by Gasteiger charge is 3.20. The Morgan fingerprint density at radius 1 is 0.632 bits per heavy atom. The van der Waals surface area contributed by atoms with E-state index in [-0.39, 0.29) is 0 Å². The third-order valence-corrected chi connectivity index (χ3v) is 4.80. The van der Waals surface area contributed by atoms with Gasteiger partial charge in [0.2, 0.25) is 11.3 Å². The van der Waals surface area contributed by atoms with Crippen molar-refractivity contribution in [1.29, 1.82) is 0 Å². The lowest BCUT2D eigenvalue weighted by molar-refractivity contribution is -0.548. The zero-order valence-electron chi connectivity index (χ0n) is 8.74. The van der Waals surface area contributed by atoms with Crippen molar-refractivity contribution in [1.82, 2.24) is 0 Å². The van der Waals surface area contributed by atoms with Crippen molar-refractivity contribution in [2.75, 3.05) is 0 Å². The number of hydrogen-bond donors (Lipinski definition) is 0. The molecule has 0 spiro atoms. The van der Waals surface area contributed by atoms with E-state index < -0.39 is 46.7 Å². The Morgan fingerprint density at radius 3 is 1.26 bits per heavy atom. The summed E-state index contributed by atoms with van der Waals surface area (Å²) in [6.45, 7) is 0. The highest BCUT2D eigenvalue weighted by Crippen LogP contribution is 2.88. The van der Waals surface area contributed by atoms with Gasteiger partial charge in [-0.1, -0.05) is 12.2 Å². The zero-order chi connectivity index (χ0) is 14.3. The molecule has 2 heterocycles. The van der Waals surface area contributed by atoms with E-state index in [4.69, 9.17) is 0 Å². The second kappa shape index (κ2) is 2.29. The lowest BCUT2D eigenvalue weighted by Gasteiger charge is -2.75. The van der Waals surface area contributed by atoms with Crippen LogP contribution in [0.15, 0.2) is 12.2 Å². The summed E-state index contributed by atoms with van der Waals surface area (Å²) in [5, 5.41) is 0. The van der Waals surface area contributed by atoms with Gasteiger partial charge in [0.05, 0.1) is 0 Å². The first-order chi connectivity index (χ1) is 8.46. The fraction of sp³-hybridized carbons (Fsp3) is 0.800. The first-order valence-corrected chi connectivity index (χ1v) is 5.31. The largest absolute Gasteiger partial charge is 0.360 e. The summed E-state index contributed by atoms with van der Waals surface area (Å²) in [7, 11) is 0. The lowest BCUT2D eigenvalue weighted by Crippen LogP contribution is -3.09. The Hall–Kier alpha value is -0.860. The van der Waals surface area contributed by atoms with Gasteiger partial charge in [-0.15, -0.1) is 0 Å². The molecular weight excluding hydrogens is 288 g/mol. The quantitative estimate of drug-likeness (QED) is 0.492. The minimum absolute atomic E-state index is 0.732. The van der Waals surface area contributed by atoms with Crippen LogP contribution in [0.25, 0.3) is 0 Å². The second-order valence-electron chi connectivity index (χ2n) is 5.25. The average molecular weight is 292 g/mol. The van der Waals surface area contributed by atoms with Crippen molar-refractivity contribution in [2.45, 2.75) is 46.7 Å². The number of fused-ring (bicyclic) bond motifs is 8. The Balaban J connectivity index is 2.02. The molecule has 19 heavy (non-hydrogen) atoms. The SMILES string of the molecule is FC1(F)C(F)(F)C2(F)C3(F)C4C=CC(O4)C3(F)C12F. The Morgan fingerprint density at radius 2 is 0.947 bits per heavy atom. The van der Waals surface area contributed by atoms with Gasteiger partial charge in [-0.2, -0.15) is 17.6 Å². The summed E-state index contributed by atoms with van der Waals surface area (Å²) >= 11 is 0. The molecule has 6 unspecified atom stereocenters. The van der Waals surface area contributed by atoms with Crippen LogP contribution in [-0.2, 0) is 4.74 Å². The zero-order valence-corrected chi connectivity index (χ0v) is 8.74. The maximum absolute atomic E-state index is 14.4. The van der Waals surface area contributed by atoms with Gasteiger partial charge in [-0.25, -0.2) is 17.6 Å². The molecule has 1 nitrogen and oxygen atoms in total. The van der Waals surface area contributed by atoms with Gasteiger partial charge >= 0.3 is 11.8 Å². The van der Waals surface area contributed by atoms with Crippen molar-refractivity contribution in [2.24, 2.45) is 0 Å². The van der Waals surface area contributed by atoms with Crippen LogP contribution in [0.4, 0.5) is 35.1 Å². The van der Waals surface area contributed by atoms with Gasteiger partial charge < -0.3 is 4.74 Å². The molecule has 0 aromatic heterocycles. The normalized spacial score (nSPS) is 66.1. The minimum Gasteiger partial charge on any atom is -0.360 e. The molecule has 0 aromatic carbocycles. The standard InChI is InChI=1S/C10H4F8O/c11-5-3-1-2-4(19-3)6(5,12)8(14)7(5,13)9(15,16)10(8,17)18/h1-4H. The topological polar surface area (TPSA) is 9.23 Å². The first kappa shape index (κ1) is 11.9. The van der Waals surface area contributed by atoms with Gasteiger partial charge in [0.1, 0.15) is 12.2 Å². The summed E-state index contributed by atoms with van der Waals surface area (Å²) in [6.07, 6.45) is -2.82. The molecule has 2 saturated carbocycles. The average Bonchev–Trinajstić information content (AvgIpc) is 2.88. The second-order valence-corrected chi connectivity index (χ2v) is 5.25. The van der Waals surface area contributed by atoms with Crippen molar-refractivity contribution in [3.8, 4) is 0 Å². The lowest BCUT2D eigenvalue weighted by atomic mass is 9.33. The van der Waals surface area contributed by atoms with E-state index in [1.807, 2.05) is 0 Å². The molecule has 106 valence electrons. The number of ether oxygens (including phenoxy) is 1. The molecule has 0 aromatic rings. The maximum Gasteiger partial charge on any atom is 0.354 e. The van der Waals surface area contributed by atoms with Crippen LogP contribution < -0.4 is 0 Å². The van der Waals surface area contributed by atoms with Crippen LogP contribution in [0, 0.1) is 0 Å². The monoisotopic (exact) mass is 292 g/mol. The van der Waals surface area contributed by atoms with E-state index in [1.54, 1.807) is 0 Å². The van der Waals surface area contributed by atoms with Crippen LogP contribution in [0.2, 0.25) is 0 Å². The summed E-state index contributed by atoms with van der Waals surface area (Å²) in [6, 6.07) is 0. The minimum atomic E-state index is -5.64. The van der Waals surface area contributed by atoms with E-state index in [1.165, 1.54) is 0 Å². The summed E-state index contributed by atoms with van der Waals surface area (Å²) in [4.78, 5) is 0. The molecule has 4 rings (SSSR count). The molecule has 0 radical (unpaired) electrons. The highest BCUT2D eigenvalue weighted by atomic mass is 19.3. The molecule has 9 heteroatoms. The molecule has 2 aliphatic carbocycles. The van der Waals surface area contributed by atoms with Crippen molar-refractivity contribution in [3.05, 3.63) is 12.2 Å². The Labute approximate surface area is 99.7 Å². The predicted octanol–water partition coefficient (Wildman–Crippen LogP) is 2.45. The smallest absolute Gasteiger partial charge is 0.354 e. The van der Waals surface area contributed by atoms with Gasteiger partial charge in [0.15, 0.2) is 0 Å². The molecule has 0 amide bonds. The van der Waals surface area contributed by atoms with Gasteiger partial charge in [-0.05, 0) is 0 Å². The van der Waals surface area contributed by atoms with Crippen LogP contribution in [0.5, 0.6) is 0 Å². The highest BCUT2D eigenvalue weighted by molar-refractivity contribution is 5.61. The van der Waals surface area contributed by atoms with Gasteiger partial charge in [-0.3, -0.25) is 0 Å². The van der Waals surface area contributed by atoms with E-state index in [0.29, 0.717) is 0 Å². The third kappa shape index (κ3) is 0.568. The number of hydrogen-bond acceptors (Lipinski definition) is 1. The predicted molar refractivity (Wildman–Crippen MR) is 43.1 cm³/mol. The Kier molecular flexibility index (Phi) is 1.44. The van der Waals surface area contributed by atoms with Crippen LogP contribution in [-0.4, -0.2) is 46.7 Å². The van der Waals surface area contributed by atoms with Crippen LogP contribution >= 0.6 is 0 Å². The number of alkyl halides is 8. The van der Waals surface area contributed by atoms with E-state index in [2.05, 4.69) is 4.74 Å². The van der Waals surface area contributed by atoms with Crippen molar-refractivity contribution >= 4 is 0 Å². The van der Waals surface area contributed by atoms with Crippen LogP contribution in [0.3, 0.4) is 0 Å².